The van der Waals surface area contributed by atoms with E-state index in [1.165, 1.54) is 7.11 Å². The quantitative estimate of drug-likeness (QED) is 0.824. The Balaban J connectivity index is 1.96. The number of hydrogen-bond donors (Lipinski definition) is 1. The molecule has 6 heteroatoms. The normalized spacial score (nSPS) is 10.7. The van der Waals surface area contributed by atoms with Crippen LogP contribution in [-0.2, 0) is 17.7 Å². The zero-order chi connectivity index (χ0) is 15.2. The monoisotopic (exact) mass is 289 g/mol. The molecule has 0 amide bonds. The van der Waals surface area contributed by atoms with E-state index in [-0.39, 0.29) is 5.97 Å². The molecule has 6 nitrogen and oxygen atoms in total. The van der Waals surface area contributed by atoms with Crippen LogP contribution in [0.15, 0.2) is 28.8 Å². The SMILES string of the molecule is COC(=O)c1cccc(NCc2nc(CC(C)C)no2)c1. The molecular weight excluding hydrogens is 270 g/mol. The molecule has 1 aromatic heterocycles. The predicted octanol–water partition coefficient (Wildman–Crippen LogP) is 2.67. The molecule has 0 aliphatic rings. The van der Waals surface area contributed by atoms with E-state index in [4.69, 9.17) is 4.52 Å². The van der Waals surface area contributed by atoms with Crippen molar-refractivity contribution in [1.29, 1.82) is 0 Å². The van der Waals surface area contributed by atoms with Crippen molar-refractivity contribution in [3.8, 4) is 0 Å². The van der Waals surface area contributed by atoms with E-state index >= 15 is 0 Å². The average molecular weight is 289 g/mol. The molecule has 0 bridgehead atoms. The highest BCUT2D eigenvalue weighted by Gasteiger charge is 2.09. The number of ether oxygens (including phenoxy) is 1. The number of anilines is 1. The third kappa shape index (κ3) is 4.30. The van der Waals surface area contributed by atoms with Crippen LogP contribution >= 0.6 is 0 Å². The van der Waals surface area contributed by atoms with Crippen LogP contribution < -0.4 is 5.32 Å². The molecule has 1 heterocycles. The summed E-state index contributed by atoms with van der Waals surface area (Å²) in [6, 6.07) is 7.06. The molecule has 21 heavy (non-hydrogen) atoms. The minimum absolute atomic E-state index is 0.365. The Morgan fingerprint density at radius 1 is 1.43 bits per heavy atom. The van der Waals surface area contributed by atoms with Crippen LogP contribution in [0.2, 0.25) is 0 Å². The number of nitrogens with zero attached hydrogens (tertiary/aromatic N) is 2. The smallest absolute Gasteiger partial charge is 0.337 e. The maximum absolute atomic E-state index is 11.5. The molecule has 2 aromatic rings. The van der Waals surface area contributed by atoms with E-state index in [0.29, 0.717) is 29.7 Å². The summed E-state index contributed by atoms with van der Waals surface area (Å²) in [4.78, 5) is 15.8. The highest BCUT2D eigenvalue weighted by Crippen LogP contribution is 2.13. The molecule has 0 spiro atoms. The van der Waals surface area contributed by atoms with E-state index in [9.17, 15) is 4.79 Å². The second-order valence-corrected chi connectivity index (χ2v) is 5.13. The van der Waals surface area contributed by atoms with Crippen molar-refractivity contribution in [2.75, 3.05) is 12.4 Å². The second kappa shape index (κ2) is 6.88. The Labute approximate surface area is 123 Å². The molecule has 2 rings (SSSR count). The van der Waals surface area contributed by atoms with Crippen LogP contribution in [0.1, 0.15) is 35.9 Å². The number of esters is 1. The number of aromatic nitrogens is 2. The van der Waals surface area contributed by atoms with Gasteiger partial charge in [0.15, 0.2) is 5.82 Å². The van der Waals surface area contributed by atoms with Crippen molar-refractivity contribution < 1.29 is 14.1 Å². The minimum atomic E-state index is -0.365. The summed E-state index contributed by atoms with van der Waals surface area (Å²) >= 11 is 0. The van der Waals surface area contributed by atoms with E-state index in [1.807, 2.05) is 6.07 Å². The van der Waals surface area contributed by atoms with Crippen LogP contribution in [-0.4, -0.2) is 23.2 Å². The van der Waals surface area contributed by atoms with E-state index in [0.717, 1.165) is 12.1 Å². The molecule has 0 unspecified atom stereocenters. The molecule has 1 aromatic carbocycles. The number of benzene rings is 1. The van der Waals surface area contributed by atoms with Crippen LogP contribution in [0, 0.1) is 5.92 Å². The predicted molar refractivity (Wildman–Crippen MR) is 77.9 cm³/mol. The topological polar surface area (TPSA) is 77.2 Å². The summed E-state index contributed by atoms with van der Waals surface area (Å²) in [5, 5.41) is 7.07. The van der Waals surface area contributed by atoms with Gasteiger partial charge in [-0.05, 0) is 24.1 Å². The van der Waals surface area contributed by atoms with Crippen molar-refractivity contribution in [1.82, 2.24) is 10.1 Å². The van der Waals surface area contributed by atoms with Gasteiger partial charge < -0.3 is 14.6 Å². The van der Waals surface area contributed by atoms with Gasteiger partial charge in [0.1, 0.15) is 0 Å². The first-order valence-corrected chi connectivity index (χ1v) is 6.82. The van der Waals surface area contributed by atoms with E-state index < -0.39 is 0 Å². The number of hydrogen-bond acceptors (Lipinski definition) is 6. The Morgan fingerprint density at radius 3 is 2.95 bits per heavy atom. The highest BCUT2D eigenvalue weighted by molar-refractivity contribution is 5.90. The van der Waals surface area contributed by atoms with Gasteiger partial charge >= 0.3 is 5.97 Å². The summed E-state index contributed by atoms with van der Waals surface area (Å²) in [6.07, 6.45) is 0.793. The van der Waals surface area contributed by atoms with Crippen molar-refractivity contribution >= 4 is 11.7 Å². The maximum Gasteiger partial charge on any atom is 0.337 e. The van der Waals surface area contributed by atoms with E-state index in [2.05, 4.69) is 34.0 Å². The van der Waals surface area contributed by atoms with Gasteiger partial charge in [-0.15, -0.1) is 0 Å². The van der Waals surface area contributed by atoms with E-state index in [1.54, 1.807) is 18.2 Å². The minimum Gasteiger partial charge on any atom is -0.465 e. The Bertz CT molecular complexity index is 608. The Hall–Kier alpha value is -2.37. The average Bonchev–Trinajstić information content (AvgIpc) is 2.91. The molecule has 1 N–H and O–H groups in total. The van der Waals surface area contributed by atoms with Gasteiger partial charge in [0.05, 0.1) is 19.2 Å². The molecule has 0 saturated carbocycles. The molecule has 0 aliphatic carbocycles. The molecule has 0 aliphatic heterocycles. The molecule has 0 atom stereocenters. The van der Waals surface area contributed by atoms with Crippen LogP contribution in [0.25, 0.3) is 0 Å². The number of carbonyl (C=O) groups excluding carboxylic acids is 1. The van der Waals surface area contributed by atoms with Crippen molar-refractivity contribution in [2.24, 2.45) is 5.92 Å². The molecule has 112 valence electrons. The van der Waals surface area contributed by atoms with Gasteiger partial charge in [-0.2, -0.15) is 4.98 Å². The summed E-state index contributed by atoms with van der Waals surface area (Å²) in [6.45, 7) is 4.62. The molecular formula is C15H19N3O3. The van der Waals surface area contributed by atoms with Crippen LogP contribution in [0.3, 0.4) is 0 Å². The van der Waals surface area contributed by atoms with Gasteiger partial charge in [0.2, 0.25) is 5.89 Å². The highest BCUT2D eigenvalue weighted by atomic mass is 16.5. The molecule has 0 saturated heterocycles. The first kappa shape index (κ1) is 15.0. The van der Waals surface area contributed by atoms with Crippen LogP contribution in [0.5, 0.6) is 0 Å². The Kier molecular flexibility index (Phi) is 4.92. The zero-order valence-electron chi connectivity index (χ0n) is 12.4. The largest absolute Gasteiger partial charge is 0.465 e. The zero-order valence-corrected chi connectivity index (χ0v) is 12.4. The summed E-state index contributed by atoms with van der Waals surface area (Å²) in [5.74, 6) is 1.36. The third-order valence-electron chi connectivity index (χ3n) is 2.83. The number of nitrogens with one attached hydrogen (secondary N) is 1. The van der Waals surface area contributed by atoms with Gasteiger partial charge in [0, 0.05) is 12.1 Å². The lowest BCUT2D eigenvalue weighted by Gasteiger charge is -2.05. The number of methoxy groups -OCH3 is 1. The Morgan fingerprint density at radius 2 is 2.24 bits per heavy atom. The summed E-state index contributed by atoms with van der Waals surface area (Å²) in [5.41, 5.74) is 1.29. The lowest BCUT2D eigenvalue weighted by atomic mass is 10.1. The molecule has 0 radical (unpaired) electrons. The van der Waals surface area contributed by atoms with Crippen molar-refractivity contribution in [3.63, 3.8) is 0 Å². The van der Waals surface area contributed by atoms with Gasteiger partial charge in [0.25, 0.3) is 0 Å². The lowest BCUT2D eigenvalue weighted by Crippen LogP contribution is -2.04. The van der Waals surface area contributed by atoms with Gasteiger partial charge in [-0.25, -0.2) is 4.79 Å². The third-order valence-corrected chi connectivity index (χ3v) is 2.83. The van der Waals surface area contributed by atoms with Gasteiger partial charge in [-0.1, -0.05) is 25.1 Å². The lowest BCUT2D eigenvalue weighted by molar-refractivity contribution is 0.0601. The van der Waals surface area contributed by atoms with Gasteiger partial charge in [-0.3, -0.25) is 0 Å². The summed E-state index contributed by atoms with van der Waals surface area (Å²) < 4.78 is 9.86. The first-order valence-electron chi connectivity index (χ1n) is 6.82. The number of rotatable bonds is 6. The van der Waals surface area contributed by atoms with Crippen LogP contribution in [0.4, 0.5) is 5.69 Å². The molecule has 0 fully saturated rings. The number of carbonyl (C=O) groups is 1. The van der Waals surface area contributed by atoms with Crippen molar-refractivity contribution in [3.05, 3.63) is 41.5 Å². The second-order valence-electron chi connectivity index (χ2n) is 5.13. The fourth-order valence-electron chi connectivity index (χ4n) is 1.86. The first-order chi connectivity index (χ1) is 10.1. The maximum atomic E-state index is 11.5. The van der Waals surface area contributed by atoms with Crippen molar-refractivity contribution in [2.45, 2.75) is 26.8 Å². The fraction of sp³-hybridized carbons (Fsp3) is 0.400. The fourth-order valence-corrected chi connectivity index (χ4v) is 1.86. The summed E-state index contributed by atoms with van der Waals surface area (Å²) in [7, 11) is 1.36. The standard InChI is InChI=1S/C15H19N3O3/c1-10(2)7-13-17-14(21-18-13)9-16-12-6-4-5-11(8-12)15(19)20-3/h4-6,8,10,16H,7,9H2,1-3H3.